The number of carbonyl (C=O) groups is 1. The van der Waals surface area contributed by atoms with Crippen molar-refractivity contribution in [3.05, 3.63) is 78.3 Å². The van der Waals surface area contributed by atoms with Gasteiger partial charge in [0.1, 0.15) is 17.4 Å². The third-order valence-electron chi connectivity index (χ3n) is 6.61. The molecule has 0 radical (unpaired) electrons. The third kappa shape index (κ3) is 7.41. The van der Waals surface area contributed by atoms with Gasteiger partial charge in [-0.15, -0.1) is 22.7 Å². The topological polar surface area (TPSA) is 56.1 Å². The molecule has 3 heterocycles. The Morgan fingerprint density at radius 1 is 1.16 bits per heavy atom. The first-order chi connectivity index (χ1) is 18.4. The molecular formula is C29H33Cl2N3O2S2. The second-order valence-corrected chi connectivity index (χ2v) is 12.2. The Morgan fingerprint density at radius 3 is 2.63 bits per heavy atom. The van der Waals surface area contributed by atoms with E-state index in [0.29, 0.717) is 47.0 Å². The minimum Gasteiger partial charge on any atom is -0.486 e. The Labute approximate surface area is 242 Å². The summed E-state index contributed by atoms with van der Waals surface area (Å²) in [5.74, 6) is 1.07. The van der Waals surface area contributed by atoms with Gasteiger partial charge < -0.3 is 14.6 Å². The normalized spacial score (nSPS) is 12.0. The molecule has 3 aromatic heterocycles. The predicted octanol–water partition coefficient (Wildman–Crippen LogP) is 8.86. The van der Waals surface area contributed by atoms with Gasteiger partial charge in [0.15, 0.2) is 0 Å². The molecule has 0 spiro atoms. The quantitative estimate of drug-likeness (QED) is 0.169. The molecular weight excluding hydrogens is 557 g/mol. The molecule has 1 N–H and O–H groups in total. The lowest BCUT2D eigenvalue weighted by Crippen LogP contribution is -2.29. The zero-order chi connectivity index (χ0) is 27.1. The van der Waals surface area contributed by atoms with E-state index in [1.54, 1.807) is 29.5 Å². The first-order valence-electron chi connectivity index (χ1n) is 12.9. The zero-order valence-electron chi connectivity index (χ0n) is 21.9. The number of nitrogens with zero attached hydrogens (tertiary/aromatic N) is 2. The number of ether oxygens (including phenoxy) is 1. The van der Waals surface area contributed by atoms with Gasteiger partial charge in [0.2, 0.25) is 0 Å². The highest BCUT2D eigenvalue weighted by Gasteiger charge is 2.21. The Balaban J connectivity index is 1.55. The molecule has 1 amide bonds. The second-order valence-electron chi connectivity index (χ2n) is 9.34. The molecule has 0 bridgehead atoms. The van der Waals surface area contributed by atoms with Crippen LogP contribution in [0.3, 0.4) is 0 Å². The van der Waals surface area contributed by atoms with Crippen LogP contribution in [0.4, 0.5) is 0 Å². The number of benzene rings is 1. The molecule has 4 aromatic rings. The van der Waals surface area contributed by atoms with Crippen molar-refractivity contribution < 1.29 is 9.53 Å². The Morgan fingerprint density at radius 2 is 1.95 bits per heavy atom. The number of thiazole rings is 1. The summed E-state index contributed by atoms with van der Waals surface area (Å²) in [6.45, 7) is 8.10. The lowest BCUT2D eigenvalue weighted by Gasteiger charge is -2.15. The molecule has 0 saturated carbocycles. The lowest BCUT2D eigenvalue weighted by atomic mass is 9.99. The highest BCUT2D eigenvalue weighted by atomic mass is 35.5. The van der Waals surface area contributed by atoms with E-state index in [9.17, 15) is 4.79 Å². The van der Waals surface area contributed by atoms with Crippen molar-refractivity contribution in [3.63, 3.8) is 0 Å². The number of amides is 1. The second kappa shape index (κ2) is 13.7. The van der Waals surface area contributed by atoms with Gasteiger partial charge in [-0.1, -0.05) is 62.4 Å². The Hall–Kier alpha value is -2.32. The Kier molecular flexibility index (Phi) is 10.3. The van der Waals surface area contributed by atoms with Crippen LogP contribution in [0.15, 0.2) is 47.2 Å². The standard InChI is InChI=1S/C29H33Cl2N3O2S2/c1-4-6-8-20(5-2)15-32-29(35)25-14-27(34(19(25)3)16-24-9-7-10-37-24)26-18-38-28(33-26)17-36-23-12-21(30)11-22(31)13-23/h7,9-14,18,20H,4-6,8,15-17H2,1-3H3,(H,32,35). The van der Waals surface area contributed by atoms with E-state index in [0.717, 1.165) is 34.9 Å². The van der Waals surface area contributed by atoms with Gasteiger partial charge in [0.05, 0.1) is 23.5 Å². The number of rotatable bonds is 13. The summed E-state index contributed by atoms with van der Waals surface area (Å²) in [6.07, 6.45) is 4.57. The molecule has 0 aliphatic heterocycles. The molecule has 1 atom stereocenters. The summed E-state index contributed by atoms with van der Waals surface area (Å²) < 4.78 is 8.07. The highest BCUT2D eigenvalue weighted by Crippen LogP contribution is 2.30. The summed E-state index contributed by atoms with van der Waals surface area (Å²) in [5.41, 5.74) is 3.38. The fourth-order valence-electron chi connectivity index (χ4n) is 4.38. The van der Waals surface area contributed by atoms with Crippen molar-refractivity contribution in [2.45, 2.75) is 59.6 Å². The van der Waals surface area contributed by atoms with Crippen LogP contribution in [0.2, 0.25) is 10.0 Å². The minimum absolute atomic E-state index is 0.0275. The van der Waals surface area contributed by atoms with Crippen LogP contribution in [0.5, 0.6) is 5.75 Å². The summed E-state index contributed by atoms with van der Waals surface area (Å²) in [6, 6.07) is 11.3. The van der Waals surface area contributed by atoms with Crippen molar-refractivity contribution in [2.75, 3.05) is 6.54 Å². The number of unbranched alkanes of at least 4 members (excludes halogenated alkanes) is 1. The fraction of sp³-hybridized carbons (Fsp3) is 0.379. The van der Waals surface area contributed by atoms with Gasteiger partial charge in [-0.3, -0.25) is 4.79 Å². The predicted molar refractivity (Wildman–Crippen MR) is 160 cm³/mol. The summed E-state index contributed by atoms with van der Waals surface area (Å²) in [5, 5.41) is 9.16. The van der Waals surface area contributed by atoms with Gasteiger partial charge in [-0.2, -0.15) is 0 Å². The largest absolute Gasteiger partial charge is 0.486 e. The molecule has 0 aliphatic rings. The molecule has 202 valence electrons. The highest BCUT2D eigenvalue weighted by molar-refractivity contribution is 7.10. The summed E-state index contributed by atoms with van der Waals surface area (Å²) in [4.78, 5) is 19.4. The molecule has 38 heavy (non-hydrogen) atoms. The number of halogens is 2. The average molecular weight is 591 g/mol. The minimum atomic E-state index is -0.0275. The summed E-state index contributed by atoms with van der Waals surface area (Å²) >= 11 is 15.4. The van der Waals surface area contributed by atoms with Gasteiger partial charge in [0.25, 0.3) is 5.91 Å². The van der Waals surface area contributed by atoms with Crippen LogP contribution in [0.1, 0.15) is 65.5 Å². The smallest absolute Gasteiger partial charge is 0.253 e. The van der Waals surface area contributed by atoms with Crippen LogP contribution in [0.25, 0.3) is 11.4 Å². The van der Waals surface area contributed by atoms with E-state index in [1.807, 2.05) is 24.4 Å². The van der Waals surface area contributed by atoms with Crippen molar-refractivity contribution in [3.8, 4) is 17.1 Å². The Bertz CT molecular complexity index is 1330. The molecule has 1 aromatic carbocycles. The van der Waals surface area contributed by atoms with Crippen LogP contribution in [-0.4, -0.2) is 22.0 Å². The number of hydrogen-bond acceptors (Lipinski definition) is 5. The maximum Gasteiger partial charge on any atom is 0.253 e. The number of hydrogen-bond donors (Lipinski definition) is 1. The van der Waals surface area contributed by atoms with Crippen LogP contribution >= 0.6 is 45.9 Å². The van der Waals surface area contributed by atoms with E-state index in [2.05, 4.69) is 35.2 Å². The SMILES string of the molecule is CCCCC(CC)CNC(=O)c1cc(-c2csc(COc3cc(Cl)cc(Cl)c3)n2)n(Cc2cccs2)c1C. The number of nitrogens with one attached hydrogen (secondary N) is 1. The molecule has 5 nitrogen and oxygen atoms in total. The van der Waals surface area contributed by atoms with Crippen molar-refractivity contribution in [1.29, 1.82) is 0 Å². The molecule has 0 fully saturated rings. The molecule has 4 rings (SSSR count). The molecule has 0 aliphatic carbocycles. The molecule has 0 saturated heterocycles. The zero-order valence-corrected chi connectivity index (χ0v) is 25.1. The number of thiophene rings is 1. The number of carbonyl (C=O) groups excluding carboxylic acids is 1. The maximum absolute atomic E-state index is 13.3. The molecule has 1 unspecified atom stereocenters. The fourth-order valence-corrected chi connectivity index (χ4v) is 6.27. The van der Waals surface area contributed by atoms with Crippen LogP contribution in [0, 0.1) is 12.8 Å². The van der Waals surface area contributed by atoms with Gasteiger partial charge in [-0.05, 0) is 55.0 Å². The van der Waals surface area contributed by atoms with Crippen molar-refractivity contribution in [2.24, 2.45) is 5.92 Å². The average Bonchev–Trinajstić information content (AvgIpc) is 3.64. The monoisotopic (exact) mass is 589 g/mol. The lowest BCUT2D eigenvalue weighted by molar-refractivity contribution is 0.0945. The van der Waals surface area contributed by atoms with E-state index in [4.69, 9.17) is 32.9 Å². The van der Waals surface area contributed by atoms with E-state index in [1.165, 1.54) is 29.1 Å². The van der Waals surface area contributed by atoms with Gasteiger partial charge in [-0.25, -0.2) is 4.98 Å². The van der Waals surface area contributed by atoms with Gasteiger partial charge >= 0.3 is 0 Å². The maximum atomic E-state index is 13.3. The van der Waals surface area contributed by atoms with Crippen LogP contribution in [-0.2, 0) is 13.2 Å². The van der Waals surface area contributed by atoms with Crippen molar-refractivity contribution in [1.82, 2.24) is 14.9 Å². The van der Waals surface area contributed by atoms with Gasteiger partial charge in [0, 0.05) is 32.5 Å². The van der Waals surface area contributed by atoms with E-state index < -0.39 is 0 Å². The summed E-state index contributed by atoms with van der Waals surface area (Å²) in [7, 11) is 0. The third-order valence-corrected chi connectivity index (χ3v) is 8.73. The first-order valence-corrected chi connectivity index (χ1v) is 15.4. The number of aromatic nitrogens is 2. The first kappa shape index (κ1) is 28.7. The van der Waals surface area contributed by atoms with E-state index in [-0.39, 0.29) is 5.91 Å². The van der Waals surface area contributed by atoms with E-state index >= 15 is 0 Å². The van der Waals surface area contributed by atoms with Crippen molar-refractivity contribution >= 4 is 51.8 Å². The van der Waals surface area contributed by atoms with Crippen LogP contribution < -0.4 is 10.1 Å². The molecule has 9 heteroatoms.